The summed E-state index contributed by atoms with van der Waals surface area (Å²) in [6.45, 7) is 6.67. The normalized spacial score (nSPS) is 12.1. The molecule has 0 spiro atoms. The van der Waals surface area contributed by atoms with Crippen molar-refractivity contribution in [2.75, 3.05) is 13.2 Å². The van der Waals surface area contributed by atoms with Crippen molar-refractivity contribution in [1.82, 2.24) is 0 Å². The molecule has 0 fully saturated rings. The maximum Gasteiger partial charge on any atom is 0.306 e. The lowest BCUT2D eigenvalue weighted by Crippen LogP contribution is -2.30. The maximum atomic E-state index is 12.9. The summed E-state index contributed by atoms with van der Waals surface area (Å²) in [6, 6.07) is 0. The van der Waals surface area contributed by atoms with Crippen LogP contribution in [0.25, 0.3) is 0 Å². The average Bonchev–Trinajstić information content (AvgIpc) is 3.34. The van der Waals surface area contributed by atoms with Crippen LogP contribution in [0, 0.1) is 0 Å². The Bertz CT molecular complexity index is 1100. The van der Waals surface area contributed by atoms with Crippen molar-refractivity contribution >= 4 is 17.9 Å². The SMILES string of the molecule is CCCCCCCC/C=C\CCCCCCCC(=O)OCC(COC(=O)CCCCCCCCCCCCCCCCCCCCC)OC(=O)CCCCCCC/C=C\CCCCCCCCC. The summed E-state index contributed by atoms with van der Waals surface area (Å²) in [5.41, 5.74) is 0. The summed E-state index contributed by atoms with van der Waals surface area (Å²) in [5, 5.41) is 0. The van der Waals surface area contributed by atoms with Crippen molar-refractivity contribution in [3.8, 4) is 0 Å². The third-order valence-corrected chi connectivity index (χ3v) is 13.7. The number of allylic oxidation sites excluding steroid dienone is 4. The van der Waals surface area contributed by atoms with Gasteiger partial charge in [-0.15, -0.1) is 0 Å². The fourth-order valence-electron chi connectivity index (χ4n) is 9.08. The molecule has 1 atom stereocenters. The van der Waals surface area contributed by atoms with Gasteiger partial charge in [0.15, 0.2) is 6.10 Å². The second-order valence-electron chi connectivity index (χ2n) is 20.6. The quantitative estimate of drug-likeness (QED) is 0.0262. The second-order valence-corrected chi connectivity index (χ2v) is 20.6. The molecule has 6 heteroatoms. The van der Waals surface area contributed by atoms with Crippen molar-refractivity contribution in [3.05, 3.63) is 24.3 Å². The van der Waals surface area contributed by atoms with Gasteiger partial charge in [0, 0.05) is 19.3 Å². The standard InChI is InChI=1S/C62H116O6/c1-4-7-10-13-16-19-22-25-28-30-31-32-35-37-40-43-46-49-52-55-61(64)67-58-59(57-66-60(63)54-51-48-45-42-39-36-33-27-24-21-18-15-12-9-6-3)68-62(65)56-53-50-47-44-41-38-34-29-26-23-20-17-14-11-8-5-2/h27,29,33-34,59H,4-26,28,30-32,35-58H2,1-3H3/b33-27-,34-29-. The van der Waals surface area contributed by atoms with Gasteiger partial charge in [-0.25, -0.2) is 0 Å². The molecule has 0 rings (SSSR count). The highest BCUT2D eigenvalue weighted by Gasteiger charge is 2.19. The van der Waals surface area contributed by atoms with E-state index < -0.39 is 6.10 Å². The molecule has 0 aromatic carbocycles. The van der Waals surface area contributed by atoms with Gasteiger partial charge in [-0.2, -0.15) is 0 Å². The molecule has 0 aliphatic carbocycles. The van der Waals surface area contributed by atoms with Crippen molar-refractivity contribution in [3.63, 3.8) is 0 Å². The molecule has 6 nitrogen and oxygen atoms in total. The number of hydrogen-bond acceptors (Lipinski definition) is 6. The third kappa shape index (κ3) is 54.8. The first-order valence-corrected chi connectivity index (χ1v) is 30.3. The minimum atomic E-state index is -0.775. The van der Waals surface area contributed by atoms with Crippen molar-refractivity contribution in [2.24, 2.45) is 0 Å². The van der Waals surface area contributed by atoms with Crippen LogP contribution in [0.1, 0.15) is 335 Å². The Hall–Kier alpha value is -2.11. The zero-order valence-corrected chi connectivity index (χ0v) is 45.9. The number of unbranched alkanes of at least 4 members (excludes halogenated alkanes) is 41. The Kier molecular flexibility index (Phi) is 55.7. The summed E-state index contributed by atoms with van der Waals surface area (Å²) in [5.74, 6) is -0.867. The molecule has 400 valence electrons. The summed E-state index contributed by atoms with van der Waals surface area (Å²) >= 11 is 0. The molecule has 0 aromatic rings. The predicted octanol–water partition coefficient (Wildman–Crippen LogP) is 20.3. The van der Waals surface area contributed by atoms with Crippen LogP contribution < -0.4 is 0 Å². The van der Waals surface area contributed by atoms with Crippen LogP contribution in [-0.4, -0.2) is 37.2 Å². The molecular weight excluding hydrogens is 841 g/mol. The van der Waals surface area contributed by atoms with E-state index in [2.05, 4.69) is 45.1 Å². The molecule has 0 bridgehead atoms. The molecule has 0 saturated heterocycles. The molecule has 0 radical (unpaired) electrons. The van der Waals surface area contributed by atoms with Crippen molar-refractivity contribution in [2.45, 2.75) is 341 Å². The van der Waals surface area contributed by atoms with Crippen LogP contribution in [0.3, 0.4) is 0 Å². The van der Waals surface area contributed by atoms with E-state index in [1.54, 1.807) is 0 Å². The Labute approximate surface area is 423 Å². The van der Waals surface area contributed by atoms with Crippen LogP contribution in [0.2, 0.25) is 0 Å². The highest BCUT2D eigenvalue weighted by molar-refractivity contribution is 5.71. The Morgan fingerprint density at radius 1 is 0.279 bits per heavy atom. The Balaban J connectivity index is 4.33. The average molecular weight is 958 g/mol. The van der Waals surface area contributed by atoms with E-state index in [1.807, 2.05) is 0 Å². The Morgan fingerprint density at radius 3 is 0.735 bits per heavy atom. The first-order chi connectivity index (χ1) is 33.5. The fourth-order valence-corrected chi connectivity index (χ4v) is 9.08. The lowest BCUT2D eigenvalue weighted by atomic mass is 10.0. The highest BCUT2D eigenvalue weighted by Crippen LogP contribution is 2.17. The minimum Gasteiger partial charge on any atom is -0.462 e. The third-order valence-electron chi connectivity index (χ3n) is 13.7. The first-order valence-electron chi connectivity index (χ1n) is 30.3. The number of hydrogen-bond donors (Lipinski definition) is 0. The van der Waals surface area contributed by atoms with E-state index in [-0.39, 0.29) is 31.1 Å². The van der Waals surface area contributed by atoms with Gasteiger partial charge in [-0.3, -0.25) is 14.4 Å². The van der Waals surface area contributed by atoms with Gasteiger partial charge in [-0.05, 0) is 70.6 Å². The zero-order chi connectivity index (χ0) is 49.3. The monoisotopic (exact) mass is 957 g/mol. The number of carbonyl (C=O) groups excluding carboxylic acids is 3. The van der Waals surface area contributed by atoms with Gasteiger partial charge in [0.25, 0.3) is 0 Å². The second kappa shape index (κ2) is 57.5. The van der Waals surface area contributed by atoms with E-state index in [4.69, 9.17) is 14.2 Å². The molecule has 0 heterocycles. The lowest BCUT2D eigenvalue weighted by molar-refractivity contribution is -0.167. The molecule has 0 aliphatic rings. The number of esters is 3. The van der Waals surface area contributed by atoms with Gasteiger partial charge in [0.1, 0.15) is 13.2 Å². The fraction of sp³-hybridized carbons (Fsp3) is 0.887. The van der Waals surface area contributed by atoms with E-state index in [9.17, 15) is 14.4 Å². The topological polar surface area (TPSA) is 78.9 Å². The van der Waals surface area contributed by atoms with Gasteiger partial charge < -0.3 is 14.2 Å². The highest BCUT2D eigenvalue weighted by atomic mass is 16.6. The number of carbonyl (C=O) groups is 3. The van der Waals surface area contributed by atoms with Gasteiger partial charge >= 0.3 is 17.9 Å². The van der Waals surface area contributed by atoms with Crippen molar-refractivity contribution in [1.29, 1.82) is 0 Å². The molecule has 0 saturated carbocycles. The van der Waals surface area contributed by atoms with Crippen LogP contribution in [0.5, 0.6) is 0 Å². The lowest BCUT2D eigenvalue weighted by Gasteiger charge is -2.18. The summed E-state index contributed by atoms with van der Waals surface area (Å²) in [6.07, 6.45) is 67.4. The maximum absolute atomic E-state index is 12.9. The summed E-state index contributed by atoms with van der Waals surface area (Å²) in [4.78, 5) is 38.2. The molecule has 68 heavy (non-hydrogen) atoms. The predicted molar refractivity (Wildman–Crippen MR) is 293 cm³/mol. The zero-order valence-electron chi connectivity index (χ0n) is 45.9. The first kappa shape index (κ1) is 65.9. The van der Waals surface area contributed by atoms with Crippen LogP contribution in [0.15, 0.2) is 24.3 Å². The van der Waals surface area contributed by atoms with Gasteiger partial charge in [0.05, 0.1) is 0 Å². The molecule has 0 N–H and O–H groups in total. The van der Waals surface area contributed by atoms with E-state index in [1.165, 1.54) is 225 Å². The summed E-state index contributed by atoms with van der Waals surface area (Å²) in [7, 11) is 0. The Morgan fingerprint density at radius 2 is 0.485 bits per heavy atom. The molecule has 0 amide bonds. The van der Waals surface area contributed by atoms with Crippen molar-refractivity contribution < 1.29 is 28.6 Å². The summed E-state index contributed by atoms with van der Waals surface area (Å²) < 4.78 is 16.9. The molecule has 0 aliphatic heterocycles. The van der Waals surface area contributed by atoms with Gasteiger partial charge in [0.2, 0.25) is 0 Å². The van der Waals surface area contributed by atoms with Crippen LogP contribution >= 0.6 is 0 Å². The smallest absolute Gasteiger partial charge is 0.306 e. The molecule has 0 aromatic heterocycles. The molecule has 1 unspecified atom stereocenters. The largest absolute Gasteiger partial charge is 0.462 e. The molecular formula is C62H116O6. The number of rotatable bonds is 56. The van der Waals surface area contributed by atoms with E-state index >= 15 is 0 Å². The minimum absolute atomic E-state index is 0.0726. The van der Waals surface area contributed by atoms with Gasteiger partial charge in [-0.1, -0.05) is 270 Å². The van der Waals surface area contributed by atoms with Crippen LogP contribution in [-0.2, 0) is 28.6 Å². The van der Waals surface area contributed by atoms with E-state index in [0.717, 1.165) is 70.6 Å². The van der Waals surface area contributed by atoms with E-state index in [0.29, 0.717) is 19.3 Å². The van der Waals surface area contributed by atoms with Crippen LogP contribution in [0.4, 0.5) is 0 Å². The number of ether oxygens (including phenoxy) is 3.